The third-order valence-electron chi connectivity index (χ3n) is 4.39. The molecule has 0 saturated heterocycles. The first-order valence-electron chi connectivity index (χ1n) is 8.25. The van der Waals surface area contributed by atoms with Crippen molar-refractivity contribution in [2.75, 3.05) is 5.75 Å². The van der Waals surface area contributed by atoms with Crippen molar-refractivity contribution in [3.8, 4) is 0 Å². The molecule has 1 aromatic carbocycles. The van der Waals surface area contributed by atoms with Crippen LogP contribution in [0, 0.1) is 18.7 Å². The van der Waals surface area contributed by atoms with E-state index in [1.165, 1.54) is 17.8 Å². The van der Waals surface area contributed by atoms with E-state index in [-0.39, 0.29) is 29.7 Å². The molecule has 0 saturated carbocycles. The van der Waals surface area contributed by atoms with E-state index in [0.717, 1.165) is 5.69 Å². The second-order valence-electron chi connectivity index (χ2n) is 6.04. The minimum Gasteiger partial charge on any atom is -0.352 e. The number of aromatic nitrogens is 2. The van der Waals surface area contributed by atoms with Gasteiger partial charge in [0.1, 0.15) is 5.82 Å². The topological polar surface area (TPSA) is 64.0 Å². The first kappa shape index (κ1) is 17.7. The quantitative estimate of drug-likeness (QED) is 0.849. The fourth-order valence-electron chi connectivity index (χ4n) is 2.93. The molecule has 5 nitrogen and oxygen atoms in total. The van der Waals surface area contributed by atoms with Gasteiger partial charge in [0.05, 0.1) is 5.92 Å². The molecule has 3 rings (SSSR count). The number of rotatable bonds is 4. The molecular formula is C18H20FN3O2S. The van der Waals surface area contributed by atoms with Crippen molar-refractivity contribution in [1.82, 2.24) is 14.9 Å². The summed E-state index contributed by atoms with van der Waals surface area (Å²) in [4.78, 5) is 29.5. The number of benzene rings is 1. The summed E-state index contributed by atoms with van der Waals surface area (Å²) in [6.07, 6.45) is 0.618. The van der Waals surface area contributed by atoms with E-state index in [4.69, 9.17) is 0 Å². The highest BCUT2D eigenvalue weighted by Crippen LogP contribution is 2.26. The molecule has 0 aliphatic carbocycles. The number of hydrogen-bond donors (Lipinski definition) is 1. The van der Waals surface area contributed by atoms with Crippen LogP contribution in [0.15, 0.2) is 34.2 Å². The lowest BCUT2D eigenvalue weighted by molar-refractivity contribution is -0.125. The van der Waals surface area contributed by atoms with Crippen molar-refractivity contribution in [2.45, 2.75) is 38.5 Å². The Hall–Kier alpha value is -2.15. The lowest BCUT2D eigenvalue weighted by Gasteiger charge is -2.25. The zero-order chi connectivity index (χ0) is 18.0. The van der Waals surface area contributed by atoms with E-state index in [9.17, 15) is 14.0 Å². The average molecular weight is 361 g/mol. The van der Waals surface area contributed by atoms with E-state index in [2.05, 4.69) is 10.3 Å². The van der Waals surface area contributed by atoms with E-state index in [1.807, 2.05) is 13.8 Å². The largest absolute Gasteiger partial charge is 0.352 e. The monoisotopic (exact) mass is 361 g/mol. The fourth-order valence-corrected chi connectivity index (χ4v) is 4.05. The first-order chi connectivity index (χ1) is 12.0. The number of fused-ring (bicyclic) bond motifs is 1. The van der Waals surface area contributed by atoms with Gasteiger partial charge in [0.2, 0.25) is 5.91 Å². The number of aryl methyl sites for hydroxylation is 1. The van der Waals surface area contributed by atoms with Gasteiger partial charge in [-0.1, -0.05) is 36.9 Å². The summed E-state index contributed by atoms with van der Waals surface area (Å²) < 4.78 is 15.2. The highest BCUT2D eigenvalue weighted by Gasteiger charge is 2.27. The summed E-state index contributed by atoms with van der Waals surface area (Å²) in [6.45, 7) is 4.22. The van der Waals surface area contributed by atoms with E-state index >= 15 is 0 Å². The molecule has 0 radical (unpaired) electrons. The molecule has 0 fully saturated rings. The SMILES string of the molecule is CCc1c(C)nc2n(c1=O)CC(C(=O)NCc1ccccc1F)CS2. The molecule has 1 unspecified atom stereocenters. The molecule has 1 aliphatic heterocycles. The van der Waals surface area contributed by atoms with Gasteiger partial charge in [0.25, 0.3) is 5.56 Å². The summed E-state index contributed by atoms with van der Waals surface area (Å²) in [7, 11) is 0. The third kappa shape index (κ3) is 3.61. The second kappa shape index (κ2) is 7.39. The van der Waals surface area contributed by atoms with Crippen LogP contribution in [-0.4, -0.2) is 21.2 Å². The molecule has 2 heterocycles. The van der Waals surface area contributed by atoms with Gasteiger partial charge in [-0.2, -0.15) is 0 Å². The van der Waals surface area contributed by atoms with Crippen molar-refractivity contribution >= 4 is 17.7 Å². The molecule has 1 N–H and O–H groups in total. The Morgan fingerprint density at radius 1 is 1.44 bits per heavy atom. The number of nitrogens with zero attached hydrogens (tertiary/aromatic N) is 2. The van der Waals surface area contributed by atoms with Gasteiger partial charge >= 0.3 is 0 Å². The molecular weight excluding hydrogens is 341 g/mol. The highest BCUT2D eigenvalue weighted by molar-refractivity contribution is 7.99. The molecule has 1 aromatic heterocycles. The summed E-state index contributed by atoms with van der Waals surface area (Å²) >= 11 is 1.41. The van der Waals surface area contributed by atoms with Crippen molar-refractivity contribution < 1.29 is 9.18 Å². The summed E-state index contributed by atoms with van der Waals surface area (Å²) in [5, 5.41) is 3.44. The minimum absolute atomic E-state index is 0.0656. The maximum absolute atomic E-state index is 13.6. The van der Waals surface area contributed by atoms with E-state index in [1.54, 1.807) is 22.8 Å². The Balaban J connectivity index is 1.73. The zero-order valence-electron chi connectivity index (χ0n) is 14.2. The van der Waals surface area contributed by atoms with Crippen LogP contribution in [0.4, 0.5) is 4.39 Å². The first-order valence-corrected chi connectivity index (χ1v) is 9.24. The lowest BCUT2D eigenvalue weighted by atomic mass is 10.1. The summed E-state index contributed by atoms with van der Waals surface area (Å²) in [5.74, 6) is -0.293. The number of amides is 1. The Labute approximate surface area is 149 Å². The van der Waals surface area contributed by atoms with Crippen LogP contribution in [0.5, 0.6) is 0 Å². The number of carbonyl (C=O) groups excluding carboxylic acids is 1. The molecule has 1 aliphatic rings. The number of thioether (sulfide) groups is 1. The molecule has 1 atom stereocenters. The number of hydrogen-bond acceptors (Lipinski definition) is 4. The van der Waals surface area contributed by atoms with Gasteiger partial charge in [-0.3, -0.25) is 14.2 Å². The third-order valence-corrected chi connectivity index (χ3v) is 5.53. The van der Waals surface area contributed by atoms with Crippen LogP contribution < -0.4 is 10.9 Å². The van der Waals surface area contributed by atoms with E-state index < -0.39 is 0 Å². The zero-order valence-corrected chi connectivity index (χ0v) is 15.0. The average Bonchev–Trinajstić information content (AvgIpc) is 2.61. The van der Waals surface area contributed by atoms with Gasteiger partial charge < -0.3 is 5.32 Å². The Bertz CT molecular complexity index is 866. The van der Waals surface area contributed by atoms with Crippen molar-refractivity contribution in [3.05, 3.63) is 57.3 Å². The molecule has 7 heteroatoms. The summed E-state index contributed by atoms with van der Waals surface area (Å²) in [6, 6.07) is 6.36. The standard InChI is InChI=1S/C18H20FN3O2S/c1-3-14-11(2)21-18-22(17(14)24)9-13(10-25-18)16(23)20-8-12-6-4-5-7-15(12)19/h4-7,13H,3,8-10H2,1-2H3,(H,20,23). The Kier molecular flexibility index (Phi) is 5.22. The predicted molar refractivity (Wildman–Crippen MR) is 95.1 cm³/mol. The van der Waals surface area contributed by atoms with Gasteiger partial charge in [-0.05, 0) is 19.4 Å². The molecule has 25 heavy (non-hydrogen) atoms. The van der Waals surface area contributed by atoms with Crippen LogP contribution >= 0.6 is 11.8 Å². The lowest BCUT2D eigenvalue weighted by Crippen LogP contribution is -2.40. The fraction of sp³-hybridized carbons (Fsp3) is 0.389. The predicted octanol–water partition coefficient (Wildman–Crippen LogP) is 2.29. The molecule has 0 spiro atoms. The normalized spacial score (nSPS) is 16.4. The van der Waals surface area contributed by atoms with Crippen molar-refractivity contribution in [3.63, 3.8) is 0 Å². The number of halogens is 1. The molecule has 1 amide bonds. The number of nitrogens with one attached hydrogen (secondary N) is 1. The second-order valence-corrected chi connectivity index (χ2v) is 7.03. The summed E-state index contributed by atoms with van der Waals surface area (Å²) in [5.41, 5.74) is 1.83. The van der Waals surface area contributed by atoms with Gasteiger partial charge in [-0.15, -0.1) is 0 Å². The van der Waals surface area contributed by atoms with Crippen LogP contribution in [0.25, 0.3) is 0 Å². The Morgan fingerprint density at radius 3 is 2.92 bits per heavy atom. The van der Waals surface area contributed by atoms with Crippen molar-refractivity contribution in [2.24, 2.45) is 5.92 Å². The molecule has 0 bridgehead atoms. The Morgan fingerprint density at radius 2 is 2.20 bits per heavy atom. The molecule has 132 valence electrons. The van der Waals surface area contributed by atoms with Crippen LogP contribution in [0.3, 0.4) is 0 Å². The van der Waals surface area contributed by atoms with Gasteiger partial charge in [-0.25, -0.2) is 9.37 Å². The van der Waals surface area contributed by atoms with Crippen molar-refractivity contribution in [1.29, 1.82) is 0 Å². The maximum atomic E-state index is 13.6. The van der Waals surface area contributed by atoms with Gasteiger partial charge in [0.15, 0.2) is 5.16 Å². The van der Waals surface area contributed by atoms with Crippen LogP contribution in [0.2, 0.25) is 0 Å². The van der Waals surface area contributed by atoms with Crippen LogP contribution in [0.1, 0.15) is 23.7 Å². The number of carbonyl (C=O) groups is 1. The molecule has 2 aromatic rings. The van der Waals surface area contributed by atoms with Crippen LogP contribution in [-0.2, 0) is 24.3 Å². The highest BCUT2D eigenvalue weighted by atomic mass is 32.2. The minimum atomic E-state index is -0.338. The maximum Gasteiger partial charge on any atom is 0.257 e. The smallest absolute Gasteiger partial charge is 0.257 e. The van der Waals surface area contributed by atoms with E-state index in [0.29, 0.717) is 35.0 Å². The van der Waals surface area contributed by atoms with Gasteiger partial charge in [0, 0.05) is 35.7 Å².